The van der Waals surface area contributed by atoms with E-state index in [1.165, 1.54) is 10.8 Å². The highest BCUT2D eigenvalue weighted by Gasteiger charge is 2.50. The fourth-order valence-electron chi connectivity index (χ4n) is 5.37. The number of benzene rings is 2. The van der Waals surface area contributed by atoms with Crippen LogP contribution in [0, 0.1) is 0 Å². The van der Waals surface area contributed by atoms with Crippen molar-refractivity contribution < 1.29 is 28.6 Å². The Morgan fingerprint density at radius 3 is 2.44 bits per heavy atom. The van der Waals surface area contributed by atoms with Crippen LogP contribution in [-0.2, 0) is 39.3 Å². The zero-order chi connectivity index (χ0) is 34.6. The van der Waals surface area contributed by atoms with Crippen molar-refractivity contribution in [1.82, 2.24) is 19.9 Å². The second-order valence-corrected chi connectivity index (χ2v) is 13.1. The Morgan fingerprint density at radius 2 is 1.77 bits per heavy atom. The van der Waals surface area contributed by atoms with Gasteiger partial charge in [-0.25, -0.2) is 14.8 Å². The summed E-state index contributed by atoms with van der Waals surface area (Å²) >= 11 is 12.8. The van der Waals surface area contributed by atoms with Crippen LogP contribution < -0.4 is 16.2 Å². The number of fused-ring (bicyclic) bond motifs is 1. The quantitative estimate of drug-likeness (QED) is 0.182. The fourth-order valence-corrected chi connectivity index (χ4v) is 5.95. The van der Waals surface area contributed by atoms with E-state index in [-0.39, 0.29) is 33.8 Å². The number of anilines is 1. The summed E-state index contributed by atoms with van der Waals surface area (Å²) in [6.45, 7) is 4.65. The average Bonchev–Trinajstić information content (AvgIpc) is 3.71. The molecule has 4 aromatic rings. The second-order valence-electron chi connectivity index (χ2n) is 12.3. The monoisotopic (exact) mass is 695 g/mol. The van der Waals surface area contributed by atoms with Crippen molar-refractivity contribution in [2.75, 3.05) is 11.9 Å². The van der Waals surface area contributed by atoms with Crippen LogP contribution >= 0.6 is 23.2 Å². The molecule has 48 heavy (non-hydrogen) atoms. The number of aliphatic hydroxyl groups is 1. The van der Waals surface area contributed by atoms with Gasteiger partial charge in [-0.1, -0.05) is 59.6 Å². The summed E-state index contributed by atoms with van der Waals surface area (Å²) in [6, 6.07) is 14.2. The molecule has 0 bridgehead atoms. The Bertz CT molecular complexity index is 1880. The number of aryl methyl sites for hydroxylation is 2. The van der Waals surface area contributed by atoms with Gasteiger partial charge in [-0.05, 0) is 51.3 Å². The number of rotatable bonds is 11. The van der Waals surface area contributed by atoms with Gasteiger partial charge in [0.1, 0.15) is 17.1 Å². The average molecular weight is 697 g/mol. The number of nitrogens with one attached hydrogen (secondary N) is 2. The topological polar surface area (TPSA) is 166 Å². The Hall–Kier alpha value is -4.52. The Kier molecular flexibility index (Phi) is 10.4. The van der Waals surface area contributed by atoms with Crippen LogP contribution in [0.3, 0.4) is 0 Å². The van der Waals surface area contributed by atoms with Gasteiger partial charge in [0.05, 0.1) is 21.8 Å². The van der Waals surface area contributed by atoms with Crippen molar-refractivity contribution in [3.63, 3.8) is 0 Å². The first-order chi connectivity index (χ1) is 22.8. The summed E-state index contributed by atoms with van der Waals surface area (Å²) in [7, 11) is 0. The van der Waals surface area contributed by atoms with E-state index in [2.05, 4.69) is 20.6 Å². The van der Waals surface area contributed by atoms with Crippen molar-refractivity contribution in [2.45, 2.75) is 70.6 Å². The minimum Gasteiger partial charge on any atom is -0.458 e. The van der Waals surface area contributed by atoms with Gasteiger partial charge in [0.2, 0.25) is 17.3 Å². The molecule has 5 rings (SSSR count). The number of aliphatic hydroxyl groups excluding tert-OH is 1. The maximum Gasteiger partial charge on any atom is 0.342 e. The minimum absolute atomic E-state index is 0.0301. The summed E-state index contributed by atoms with van der Waals surface area (Å²) in [5, 5.41) is 15.9. The number of aromatic nitrogens is 3. The second kappa shape index (κ2) is 14.3. The van der Waals surface area contributed by atoms with E-state index < -0.39 is 53.2 Å². The molecule has 0 saturated carbocycles. The van der Waals surface area contributed by atoms with Crippen LogP contribution in [0.2, 0.25) is 10.0 Å². The third-order valence-corrected chi connectivity index (χ3v) is 8.26. The van der Waals surface area contributed by atoms with Crippen molar-refractivity contribution in [1.29, 1.82) is 0 Å². The van der Waals surface area contributed by atoms with Gasteiger partial charge in [0.25, 0.3) is 11.5 Å². The Labute approximate surface area is 286 Å². The molecule has 2 aromatic carbocycles. The van der Waals surface area contributed by atoms with E-state index >= 15 is 0 Å². The van der Waals surface area contributed by atoms with E-state index in [1.807, 2.05) is 30.3 Å². The van der Waals surface area contributed by atoms with Gasteiger partial charge in [0.15, 0.2) is 11.5 Å². The van der Waals surface area contributed by atoms with E-state index in [1.54, 1.807) is 39.0 Å². The maximum atomic E-state index is 14.2. The predicted molar refractivity (Wildman–Crippen MR) is 179 cm³/mol. The molecule has 0 saturated heterocycles. The number of ether oxygens (including phenoxy) is 1. The lowest BCUT2D eigenvalue weighted by molar-refractivity contribution is -0.165. The highest BCUT2D eigenvalue weighted by Crippen LogP contribution is 2.38. The van der Waals surface area contributed by atoms with Crippen molar-refractivity contribution in [2.24, 2.45) is 0 Å². The van der Waals surface area contributed by atoms with Crippen LogP contribution in [0.25, 0.3) is 11.3 Å². The Balaban J connectivity index is 1.56. The van der Waals surface area contributed by atoms with Gasteiger partial charge >= 0.3 is 5.97 Å². The molecule has 14 heteroatoms. The predicted octanol–water partition coefficient (Wildman–Crippen LogP) is 5.07. The minimum atomic E-state index is -2.21. The lowest BCUT2D eigenvalue weighted by atomic mass is 9.94. The number of carbonyl (C=O) groups is 3. The molecule has 1 aliphatic heterocycles. The molecule has 1 unspecified atom stereocenters. The van der Waals surface area contributed by atoms with Crippen molar-refractivity contribution in [3.05, 3.63) is 98.1 Å². The largest absolute Gasteiger partial charge is 0.458 e. The molecule has 3 heterocycles. The van der Waals surface area contributed by atoms with Crippen molar-refractivity contribution in [3.8, 4) is 11.3 Å². The number of hydrogen-bond acceptors (Lipinski definition) is 9. The number of nitrogens with zero attached hydrogens (tertiary/aromatic N) is 3. The van der Waals surface area contributed by atoms with Crippen molar-refractivity contribution >= 4 is 46.7 Å². The number of amides is 2. The number of halogens is 2. The SMILES string of the molecule is CC(C)(C)OC(=O)C(CCO)(NC(=O)c1nc2n(c(=O)c1NC(=O)CCc1ccccc1)CCC2)c1ncc(-c2c(Cl)cccc2Cl)o1. The molecule has 0 radical (unpaired) electrons. The van der Waals surface area contributed by atoms with Gasteiger partial charge in [0, 0.05) is 32.4 Å². The van der Waals surface area contributed by atoms with E-state index in [4.69, 9.17) is 32.4 Å². The molecule has 2 amide bonds. The molecule has 1 aliphatic rings. The fraction of sp³-hybridized carbons (Fsp3) is 0.353. The first-order valence-corrected chi connectivity index (χ1v) is 16.1. The molecule has 12 nitrogen and oxygen atoms in total. The molecule has 0 fully saturated rings. The summed E-state index contributed by atoms with van der Waals surface area (Å²) in [5.41, 5.74) is -3.39. The lowest BCUT2D eigenvalue weighted by Crippen LogP contribution is -2.55. The molecule has 2 aromatic heterocycles. The van der Waals surface area contributed by atoms with Crippen LogP contribution in [0.1, 0.15) is 67.8 Å². The molecular weight excluding hydrogens is 661 g/mol. The molecular formula is C34H35Cl2N5O7. The van der Waals surface area contributed by atoms with E-state index in [9.17, 15) is 24.3 Å². The molecule has 252 valence electrons. The summed E-state index contributed by atoms with van der Waals surface area (Å²) in [5.74, 6) is -2.41. The highest BCUT2D eigenvalue weighted by molar-refractivity contribution is 6.39. The number of esters is 1. The number of oxazole rings is 1. The van der Waals surface area contributed by atoms with Gasteiger partial charge in [-0.2, -0.15) is 0 Å². The van der Waals surface area contributed by atoms with E-state index in [0.29, 0.717) is 37.2 Å². The molecule has 0 spiro atoms. The maximum absolute atomic E-state index is 14.2. The van der Waals surface area contributed by atoms with Crippen LogP contribution in [0.5, 0.6) is 0 Å². The summed E-state index contributed by atoms with van der Waals surface area (Å²) < 4.78 is 13.1. The summed E-state index contributed by atoms with van der Waals surface area (Å²) in [4.78, 5) is 63.7. The lowest BCUT2D eigenvalue weighted by Gasteiger charge is -2.32. The van der Waals surface area contributed by atoms with Gasteiger partial charge in [-0.3, -0.25) is 19.0 Å². The molecule has 0 aliphatic carbocycles. The standard InChI is InChI=1S/C34H35Cl2N5O7/c1-33(2,3)48-32(46)34(16-18-42,31-37-19-23(47-31)26-21(35)11-7-12-22(26)36)40-29(44)27-28(30(45)41-17-8-13-24(41)38-27)39-25(43)15-14-20-9-5-4-6-10-20/h4-7,9-12,19,42H,8,13-18H2,1-3H3,(H,39,43)(H,40,44). The van der Waals surface area contributed by atoms with E-state index in [0.717, 1.165) is 5.56 Å². The van der Waals surface area contributed by atoms with Gasteiger partial charge < -0.3 is 24.9 Å². The highest BCUT2D eigenvalue weighted by atomic mass is 35.5. The zero-order valence-corrected chi connectivity index (χ0v) is 28.2. The Morgan fingerprint density at radius 1 is 1.06 bits per heavy atom. The zero-order valence-electron chi connectivity index (χ0n) is 26.6. The molecule has 1 atom stereocenters. The number of hydrogen-bond donors (Lipinski definition) is 3. The van der Waals surface area contributed by atoms with Crippen LogP contribution in [0.4, 0.5) is 5.69 Å². The third kappa shape index (κ3) is 7.46. The first-order valence-electron chi connectivity index (χ1n) is 15.4. The number of carbonyl (C=O) groups excluding carboxylic acids is 3. The third-order valence-electron chi connectivity index (χ3n) is 7.63. The van der Waals surface area contributed by atoms with Gasteiger partial charge in [-0.15, -0.1) is 0 Å². The van der Waals surface area contributed by atoms with Crippen LogP contribution in [0.15, 0.2) is 63.9 Å². The normalized spacial score (nSPS) is 13.8. The molecule has 3 N–H and O–H groups in total. The smallest absolute Gasteiger partial charge is 0.342 e. The first kappa shape index (κ1) is 34.8. The van der Waals surface area contributed by atoms with Crippen LogP contribution in [-0.4, -0.2) is 49.6 Å². The summed E-state index contributed by atoms with van der Waals surface area (Å²) in [6.07, 6.45) is 2.31.